The molecule has 0 saturated heterocycles. The van der Waals surface area contributed by atoms with Gasteiger partial charge in [0.25, 0.3) is 0 Å². The van der Waals surface area contributed by atoms with E-state index in [1.54, 1.807) is 13.3 Å². The van der Waals surface area contributed by atoms with Gasteiger partial charge in [0.05, 0.1) is 24.3 Å². The lowest BCUT2D eigenvalue weighted by Gasteiger charge is -2.16. The number of aryl methyl sites for hydroxylation is 1. The molecule has 122 valence electrons. The smallest absolute Gasteiger partial charge is 0.243 e. The SMILES string of the molecule is Cc1ccc(NC(=O)CN(C)C(=O)CSCc2ccco2)cc1. The lowest BCUT2D eigenvalue weighted by atomic mass is 10.2. The van der Waals surface area contributed by atoms with Crippen molar-refractivity contribution in [2.45, 2.75) is 12.7 Å². The van der Waals surface area contributed by atoms with E-state index in [1.165, 1.54) is 16.7 Å². The quantitative estimate of drug-likeness (QED) is 0.847. The van der Waals surface area contributed by atoms with Gasteiger partial charge in [-0.15, -0.1) is 11.8 Å². The summed E-state index contributed by atoms with van der Waals surface area (Å²) in [4.78, 5) is 25.4. The number of likely N-dealkylation sites (N-methyl/N-ethyl adjacent to an activating group) is 1. The Labute approximate surface area is 140 Å². The molecule has 0 radical (unpaired) electrons. The van der Waals surface area contributed by atoms with Gasteiger partial charge in [0.15, 0.2) is 0 Å². The molecule has 0 aliphatic carbocycles. The van der Waals surface area contributed by atoms with Gasteiger partial charge < -0.3 is 14.6 Å². The Morgan fingerprint density at radius 3 is 2.61 bits per heavy atom. The molecule has 23 heavy (non-hydrogen) atoms. The number of nitrogens with one attached hydrogen (secondary N) is 1. The largest absolute Gasteiger partial charge is 0.468 e. The first kappa shape index (κ1) is 17.1. The van der Waals surface area contributed by atoms with Gasteiger partial charge in [-0.3, -0.25) is 9.59 Å². The Bertz CT molecular complexity index is 638. The van der Waals surface area contributed by atoms with Crippen LogP contribution in [0.15, 0.2) is 47.1 Å². The minimum Gasteiger partial charge on any atom is -0.468 e. The average Bonchev–Trinajstić information content (AvgIpc) is 3.02. The van der Waals surface area contributed by atoms with E-state index in [1.807, 2.05) is 43.3 Å². The summed E-state index contributed by atoms with van der Waals surface area (Å²) in [5.74, 6) is 1.50. The fourth-order valence-corrected chi connectivity index (χ4v) is 2.75. The van der Waals surface area contributed by atoms with Crippen molar-refractivity contribution in [1.29, 1.82) is 0 Å². The van der Waals surface area contributed by atoms with Crippen molar-refractivity contribution in [3.05, 3.63) is 54.0 Å². The third kappa shape index (κ3) is 5.83. The first-order valence-electron chi connectivity index (χ1n) is 7.25. The van der Waals surface area contributed by atoms with Crippen molar-refractivity contribution in [1.82, 2.24) is 4.90 Å². The van der Waals surface area contributed by atoms with Crippen LogP contribution in [0.5, 0.6) is 0 Å². The summed E-state index contributed by atoms with van der Waals surface area (Å²) in [6, 6.07) is 11.2. The van der Waals surface area contributed by atoms with Crippen molar-refractivity contribution >= 4 is 29.3 Å². The topological polar surface area (TPSA) is 62.6 Å². The Kier molecular flexibility index (Phi) is 6.29. The molecule has 0 fully saturated rings. The van der Waals surface area contributed by atoms with Gasteiger partial charge in [0.2, 0.25) is 11.8 Å². The number of carbonyl (C=O) groups is 2. The van der Waals surface area contributed by atoms with Crippen LogP contribution in [0.3, 0.4) is 0 Å². The summed E-state index contributed by atoms with van der Waals surface area (Å²) in [6.45, 7) is 2.02. The molecule has 5 nitrogen and oxygen atoms in total. The molecule has 2 rings (SSSR count). The standard InChI is InChI=1S/C17H20N2O3S/c1-13-5-7-14(8-6-13)18-16(20)10-19(2)17(21)12-23-11-15-4-3-9-22-15/h3-9H,10-12H2,1-2H3,(H,18,20). The van der Waals surface area contributed by atoms with Gasteiger partial charge in [0, 0.05) is 12.7 Å². The van der Waals surface area contributed by atoms with Gasteiger partial charge >= 0.3 is 0 Å². The molecule has 0 aliphatic heterocycles. The van der Waals surface area contributed by atoms with E-state index in [-0.39, 0.29) is 18.4 Å². The molecule has 1 aromatic carbocycles. The first-order valence-corrected chi connectivity index (χ1v) is 8.40. The highest BCUT2D eigenvalue weighted by molar-refractivity contribution is 7.99. The first-order chi connectivity index (χ1) is 11.0. The predicted octanol–water partition coefficient (Wildman–Crippen LogP) is 2.92. The van der Waals surface area contributed by atoms with Crippen LogP contribution in [0, 0.1) is 6.92 Å². The summed E-state index contributed by atoms with van der Waals surface area (Å²) >= 11 is 1.46. The summed E-state index contributed by atoms with van der Waals surface area (Å²) < 4.78 is 5.21. The van der Waals surface area contributed by atoms with Crippen LogP contribution in [0.2, 0.25) is 0 Å². The number of nitrogens with zero attached hydrogens (tertiary/aromatic N) is 1. The van der Waals surface area contributed by atoms with Gasteiger partial charge in [-0.05, 0) is 31.2 Å². The maximum absolute atomic E-state index is 12.0. The molecule has 0 spiro atoms. The summed E-state index contributed by atoms with van der Waals surface area (Å²) in [5.41, 5.74) is 1.86. The molecule has 6 heteroatoms. The number of anilines is 1. The number of thioether (sulfide) groups is 1. The highest BCUT2D eigenvalue weighted by Crippen LogP contribution is 2.13. The van der Waals surface area contributed by atoms with E-state index in [0.29, 0.717) is 11.5 Å². The van der Waals surface area contributed by atoms with Crippen LogP contribution in [0.25, 0.3) is 0 Å². The molecule has 1 aromatic heterocycles. The fourth-order valence-electron chi connectivity index (χ4n) is 1.88. The van der Waals surface area contributed by atoms with Crippen molar-refractivity contribution in [3.63, 3.8) is 0 Å². The summed E-state index contributed by atoms with van der Waals surface area (Å²) in [5, 5.41) is 2.78. The van der Waals surface area contributed by atoms with Crippen molar-refractivity contribution < 1.29 is 14.0 Å². The van der Waals surface area contributed by atoms with Crippen molar-refractivity contribution in [3.8, 4) is 0 Å². The molecule has 2 aromatic rings. The van der Waals surface area contributed by atoms with E-state index < -0.39 is 0 Å². The van der Waals surface area contributed by atoms with E-state index >= 15 is 0 Å². The maximum atomic E-state index is 12.0. The van der Waals surface area contributed by atoms with Gasteiger partial charge in [-0.25, -0.2) is 0 Å². The molecule has 0 saturated carbocycles. The third-order valence-corrected chi connectivity index (χ3v) is 4.13. The van der Waals surface area contributed by atoms with Crippen LogP contribution in [-0.4, -0.2) is 36.1 Å². The zero-order valence-corrected chi connectivity index (χ0v) is 14.1. The van der Waals surface area contributed by atoms with Crippen LogP contribution in [-0.2, 0) is 15.3 Å². The van der Waals surface area contributed by atoms with Gasteiger partial charge in [-0.1, -0.05) is 17.7 Å². The van der Waals surface area contributed by atoms with E-state index in [9.17, 15) is 9.59 Å². The van der Waals surface area contributed by atoms with Gasteiger partial charge in [0.1, 0.15) is 5.76 Å². The lowest BCUT2D eigenvalue weighted by molar-refractivity contribution is -0.131. The number of carbonyl (C=O) groups excluding carboxylic acids is 2. The number of furan rings is 1. The molecule has 1 N–H and O–H groups in total. The van der Waals surface area contributed by atoms with Crippen LogP contribution in [0.4, 0.5) is 5.69 Å². The monoisotopic (exact) mass is 332 g/mol. The average molecular weight is 332 g/mol. The molecule has 0 atom stereocenters. The number of hydrogen-bond donors (Lipinski definition) is 1. The maximum Gasteiger partial charge on any atom is 0.243 e. The lowest BCUT2D eigenvalue weighted by Crippen LogP contribution is -2.35. The Morgan fingerprint density at radius 2 is 1.96 bits per heavy atom. The molecular weight excluding hydrogens is 312 g/mol. The second kappa shape index (κ2) is 8.43. The molecule has 1 heterocycles. The Balaban J connectivity index is 1.71. The fraction of sp³-hybridized carbons (Fsp3) is 0.294. The highest BCUT2D eigenvalue weighted by Gasteiger charge is 2.13. The van der Waals surface area contributed by atoms with E-state index in [0.717, 1.165) is 17.0 Å². The Hall–Kier alpha value is -2.21. The second-order valence-corrected chi connectivity index (χ2v) is 6.22. The zero-order chi connectivity index (χ0) is 16.7. The number of hydrogen-bond acceptors (Lipinski definition) is 4. The number of benzene rings is 1. The Morgan fingerprint density at radius 1 is 1.22 bits per heavy atom. The molecule has 0 aliphatic rings. The molecule has 2 amide bonds. The van der Waals surface area contributed by atoms with E-state index in [4.69, 9.17) is 4.42 Å². The van der Waals surface area contributed by atoms with Crippen molar-refractivity contribution in [2.75, 3.05) is 24.7 Å². The third-order valence-electron chi connectivity index (χ3n) is 3.19. The van der Waals surface area contributed by atoms with Crippen LogP contribution in [0.1, 0.15) is 11.3 Å². The molecule has 0 bridgehead atoms. The normalized spacial score (nSPS) is 10.3. The predicted molar refractivity (Wildman–Crippen MR) is 92.3 cm³/mol. The highest BCUT2D eigenvalue weighted by atomic mass is 32.2. The second-order valence-electron chi connectivity index (χ2n) is 5.24. The van der Waals surface area contributed by atoms with Gasteiger partial charge in [-0.2, -0.15) is 0 Å². The van der Waals surface area contributed by atoms with Crippen LogP contribution < -0.4 is 5.32 Å². The van der Waals surface area contributed by atoms with Crippen molar-refractivity contribution in [2.24, 2.45) is 0 Å². The van der Waals surface area contributed by atoms with E-state index in [2.05, 4.69) is 5.32 Å². The summed E-state index contributed by atoms with van der Waals surface area (Å²) in [7, 11) is 1.63. The van der Waals surface area contributed by atoms with Crippen LogP contribution >= 0.6 is 11.8 Å². The molecule has 0 unspecified atom stereocenters. The minimum absolute atomic E-state index is 0.0357. The zero-order valence-electron chi connectivity index (χ0n) is 13.2. The molecular formula is C17H20N2O3S. The number of rotatable bonds is 7. The minimum atomic E-state index is -0.208. The summed E-state index contributed by atoms with van der Waals surface area (Å²) in [6.07, 6.45) is 1.61. The number of amides is 2.